The summed E-state index contributed by atoms with van der Waals surface area (Å²) in [5.74, 6) is -0.549. The van der Waals surface area contributed by atoms with Gasteiger partial charge in [0.25, 0.3) is 0 Å². The van der Waals surface area contributed by atoms with Gasteiger partial charge < -0.3 is 9.67 Å². The average molecular weight is 522 g/mol. The van der Waals surface area contributed by atoms with Gasteiger partial charge in [-0.2, -0.15) is 0 Å². The van der Waals surface area contributed by atoms with Crippen molar-refractivity contribution in [1.82, 2.24) is 9.47 Å². The second kappa shape index (κ2) is 8.20. The number of β-amino-alcohol motifs (C(OH)–C–C–N with tert-alkyl or cyclic N) is 1. The van der Waals surface area contributed by atoms with Gasteiger partial charge in [-0.05, 0) is 49.2 Å². The van der Waals surface area contributed by atoms with Gasteiger partial charge in [0.1, 0.15) is 0 Å². The molecular formula is C22H22Br2N2O3. The van der Waals surface area contributed by atoms with Crippen LogP contribution in [0, 0.1) is 5.92 Å². The summed E-state index contributed by atoms with van der Waals surface area (Å²) < 4.78 is 4.03. The second-order valence-corrected chi connectivity index (χ2v) is 9.55. The Hall–Kier alpha value is -1.70. The summed E-state index contributed by atoms with van der Waals surface area (Å²) >= 11 is 7.07. The number of carbonyl (C=O) groups is 2. The van der Waals surface area contributed by atoms with Crippen LogP contribution in [0.1, 0.15) is 26.2 Å². The van der Waals surface area contributed by atoms with Crippen LogP contribution in [0.5, 0.6) is 0 Å². The Kier molecular flexibility index (Phi) is 5.82. The monoisotopic (exact) mass is 520 g/mol. The van der Waals surface area contributed by atoms with E-state index in [1.54, 1.807) is 0 Å². The molecule has 0 bridgehead atoms. The van der Waals surface area contributed by atoms with E-state index >= 15 is 0 Å². The van der Waals surface area contributed by atoms with E-state index in [-0.39, 0.29) is 24.3 Å². The number of aliphatic hydroxyl groups is 1. The number of amides is 2. The number of likely N-dealkylation sites (tertiary alicyclic amines) is 1. The summed E-state index contributed by atoms with van der Waals surface area (Å²) in [6, 6.07) is 12.1. The molecule has 0 spiro atoms. The molecule has 4 rings (SSSR count). The molecule has 3 aromatic rings. The van der Waals surface area contributed by atoms with Crippen LogP contribution in [0.25, 0.3) is 21.8 Å². The first-order chi connectivity index (χ1) is 13.8. The van der Waals surface area contributed by atoms with Gasteiger partial charge in [-0.3, -0.25) is 14.5 Å². The molecule has 0 radical (unpaired) electrons. The number of aromatic nitrogens is 1. The molecule has 1 aromatic heterocycles. The minimum absolute atomic E-state index is 0.0240. The molecular weight excluding hydrogens is 500 g/mol. The van der Waals surface area contributed by atoms with Crippen LogP contribution < -0.4 is 0 Å². The third-order valence-electron chi connectivity index (χ3n) is 5.59. The number of hydrogen-bond acceptors (Lipinski definition) is 3. The lowest BCUT2D eigenvalue weighted by Gasteiger charge is -2.24. The van der Waals surface area contributed by atoms with E-state index in [4.69, 9.17) is 0 Å². The van der Waals surface area contributed by atoms with Gasteiger partial charge in [-0.1, -0.05) is 38.8 Å². The van der Waals surface area contributed by atoms with Crippen LogP contribution in [0.4, 0.5) is 0 Å². The van der Waals surface area contributed by atoms with Gasteiger partial charge in [0, 0.05) is 43.1 Å². The number of hydrogen-bond donors (Lipinski definition) is 1. The van der Waals surface area contributed by atoms with Crippen LogP contribution in [0.2, 0.25) is 0 Å². The molecule has 1 fully saturated rings. The Labute approximate surface area is 185 Å². The van der Waals surface area contributed by atoms with E-state index in [1.165, 1.54) is 4.90 Å². The molecule has 2 amide bonds. The van der Waals surface area contributed by atoms with E-state index in [2.05, 4.69) is 48.6 Å². The number of rotatable bonds is 4. The third kappa shape index (κ3) is 4.00. The quantitative estimate of drug-likeness (QED) is 0.499. The Morgan fingerprint density at radius 2 is 1.62 bits per heavy atom. The summed E-state index contributed by atoms with van der Waals surface area (Å²) in [4.78, 5) is 26.2. The summed E-state index contributed by atoms with van der Waals surface area (Å²) in [6.45, 7) is 2.17. The maximum absolute atomic E-state index is 12.6. The Morgan fingerprint density at radius 3 is 2.21 bits per heavy atom. The average Bonchev–Trinajstić information content (AvgIpc) is 2.91. The van der Waals surface area contributed by atoms with Crippen LogP contribution >= 0.6 is 31.9 Å². The van der Waals surface area contributed by atoms with E-state index in [9.17, 15) is 14.7 Å². The highest BCUT2D eigenvalue weighted by atomic mass is 79.9. The second-order valence-electron chi connectivity index (χ2n) is 7.72. The van der Waals surface area contributed by atoms with E-state index in [0.717, 1.165) is 37.2 Å². The first kappa shape index (κ1) is 20.6. The lowest BCUT2D eigenvalue weighted by Crippen LogP contribution is -2.43. The molecule has 0 saturated carbocycles. The molecule has 1 aliphatic heterocycles. The van der Waals surface area contributed by atoms with Crippen molar-refractivity contribution in [2.24, 2.45) is 5.92 Å². The SMILES string of the molecule is CC1CCCC(=O)N(CC(O)Cn2c3ccc(Br)cc3c3cc(Br)ccc32)C1=O. The first-order valence-corrected chi connectivity index (χ1v) is 11.3. The highest BCUT2D eigenvalue weighted by molar-refractivity contribution is 9.10. The Balaban J connectivity index is 1.68. The minimum Gasteiger partial charge on any atom is -0.389 e. The van der Waals surface area contributed by atoms with Crippen molar-refractivity contribution < 1.29 is 14.7 Å². The predicted octanol–water partition coefficient (Wildman–Crippen LogP) is 4.86. The molecule has 2 atom stereocenters. The zero-order valence-electron chi connectivity index (χ0n) is 16.1. The molecule has 7 heteroatoms. The summed E-state index contributed by atoms with van der Waals surface area (Å²) in [5.41, 5.74) is 2.00. The zero-order valence-corrected chi connectivity index (χ0v) is 19.2. The van der Waals surface area contributed by atoms with Gasteiger partial charge in [-0.25, -0.2) is 0 Å². The molecule has 2 heterocycles. The van der Waals surface area contributed by atoms with Gasteiger partial charge in [0.05, 0.1) is 19.2 Å². The van der Waals surface area contributed by atoms with Gasteiger partial charge in [0.15, 0.2) is 0 Å². The summed E-state index contributed by atoms with van der Waals surface area (Å²) in [5, 5.41) is 13.0. The molecule has 1 saturated heterocycles. The van der Waals surface area contributed by atoms with Crippen molar-refractivity contribution in [3.05, 3.63) is 45.3 Å². The third-order valence-corrected chi connectivity index (χ3v) is 6.58. The fourth-order valence-electron chi connectivity index (χ4n) is 4.12. The van der Waals surface area contributed by atoms with Gasteiger partial charge >= 0.3 is 0 Å². The molecule has 2 unspecified atom stereocenters. The van der Waals surface area contributed by atoms with Gasteiger partial charge in [0.2, 0.25) is 11.8 Å². The smallest absolute Gasteiger partial charge is 0.232 e. The van der Waals surface area contributed by atoms with Crippen molar-refractivity contribution in [2.45, 2.75) is 38.8 Å². The minimum atomic E-state index is -0.848. The van der Waals surface area contributed by atoms with Crippen LogP contribution in [0.3, 0.4) is 0 Å². The predicted molar refractivity (Wildman–Crippen MR) is 121 cm³/mol. The number of imide groups is 1. The molecule has 1 N–H and O–H groups in total. The Morgan fingerprint density at radius 1 is 1.03 bits per heavy atom. The molecule has 5 nitrogen and oxygen atoms in total. The fourth-order valence-corrected chi connectivity index (χ4v) is 4.85. The molecule has 1 aliphatic rings. The van der Waals surface area contributed by atoms with Crippen molar-refractivity contribution >= 4 is 65.5 Å². The number of aliphatic hydroxyl groups excluding tert-OH is 1. The van der Waals surface area contributed by atoms with Crippen LogP contribution in [-0.2, 0) is 16.1 Å². The number of carbonyl (C=O) groups excluding carboxylic acids is 2. The standard InChI is InChI=1S/C22H22Br2N2O3/c1-13-3-2-4-21(28)26(22(13)29)12-16(27)11-25-19-7-5-14(23)9-17(19)18-10-15(24)6-8-20(18)25/h5-10,13,16,27H,2-4,11-12H2,1H3. The number of nitrogens with zero attached hydrogens (tertiary/aromatic N) is 2. The summed E-state index contributed by atoms with van der Waals surface area (Å²) in [6.07, 6.45) is 0.947. The maximum atomic E-state index is 12.6. The first-order valence-electron chi connectivity index (χ1n) is 9.74. The van der Waals surface area contributed by atoms with Crippen molar-refractivity contribution in [1.29, 1.82) is 0 Å². The van der Waals surface area contributed by atoms with E-state index in [0.29, 0.717) is 19.4 Å². The fraction of sp³-hybridized carbons (Fsp3) is 0.364. The number of fused-ring (bicyclic) bond motifs is 3. The largest absolute Gasteiger partial charge is 0.389 e. The highest BCUT2D eigenvalue weighted by Crippen LogP contribution is 2.33. The van der Waals surface area contributed by atoms with E-state index in [1.807, 2.05) is 31.2 Å². The molecule has 2 aromatic carbocycles. The van der Waals surface area contributed by atoms with Crippen molar-refractivity contribution in [3.63, 3.8) is 0 Å². The lowest BCUT2D eigenvalue weighted by molar-refractivity contribution is -0.147. The highest BCUT2D eigenvalue weighted by Gasteiger charge is 2.30. The van der Waals surface area contributed by atoms with Crippen molar-refractivity contribution in [2.75, 3.05) is 6.54 Å². The number of halogens is 2. The van der Waals surface area contributed by atoms with E-state index < -0.39 is 6.10 Å². The molecule has 29 heavy (non-hydrogen) atoms. The number of benzene rings is 2. The molecule has 152 valence electrons. The topological polar surface area (TPSA) is 62.5 Å². The Bertz CT molecular complexity index is 1050. The molecule has 0 aliphatic carbocycles. The van der Waals surface area contributed by atoms with Crippen molar-refractivity contribution in [3.8, 4) is 0 Å². The maximum Gasteiger partial charge on any atom is 0.232 e. The van der Waals surface area contributed by atoms with Gasteiger partial charge in [-0.15, -0.1) is 0 Å². The normalized spacial score (nSPS) is 19.2. The lowest BCUT2D eigenvalue weighted by atomic mass is 10.1. The summed E-state index contributed by atoms with van der Waals surface area (Å²) in [7, 11) is 0. The zero-order chi connectivity index (χ0) is 20.7. The van der Waals surface area contributed by atoms with Crippen LogP contribution in [0.15, 0.2) is 45.3 Å². The van der Waals surface area contributed by atoms with Crippen LogP contribution in [-0.4, -0.2) is 39.0 Å².